The van der Waals surface area contributed by atoms with E-state index in [1.165, 1.54) is 30.4 Å². The van der Waals surface area contributed by atoms with Gasteiger partial charge in [0.15, 0.2) is 0 Å². The van der Waals surface area contributed by atoms with Crippen molar-refractivity contribution < 1.29 is 4.74 Å². The summed E-state index contributed by atoms with van der Waals surface area (Å²) in [6.07, 6.45) is 5.50. The van der Waals surface area contributed by atoms with Gasteiger partial charge in [0.25, 0.3) is 0 Å². The highest BCUT2D eigenvalue weighted by Crippen LogP contribution is 2.40. The first-order valence-corrected chi connectivity index (χ1v) is 8.18. The van der Waals surface area contributed by atoms with Crippen LogP contribution in [0, 0.1) is 5.92 Å². The van der Waals surface area contributed by atoms with E-state index < -0.39 is 0 Å². The van der Waals surface area contributed by atoms with Gasteiger partial charge in [0.05, 0.1) is 12.2 Å². The van der Waals surface area contributed by atoms with E-state index in [1.807, 2.05) is 0 Å². The molecule has 2 aliphatic rings. The second-order valence-electron chi connectivity index (χ2n) is 7.70. The predicted molar refractivity (Wildman–Crippen MR) is 86.0 cm³/mol. The highest BCUT2D eigenvalue weighted by Gasteiger charge is 2.44. The van der Waals surface area contributed by atoms with E-state index in [4.69, 9.17) is 10.6 Å². The van der Waals surface area contributed by atoms with Crippen molar-refractivity contribution >= 4 is 0 Å². The molecule has 0 aliphatic carbocycles. The van der Waals surface area contributed by atoms with Gasteiger partial charge in [-0.1, -0.05) is 45.0 Å². The maximum absolute atomic E-state index is 5.97. The maximum Gasteiger partial charge on any atom is 0.0624 e. The molecule has 4 unspecified atom stereocenters. The molecule has 2 saturated heterocycles. The zero-order valence-electron chi connectivity index (χ0n) is 13.4. The first kappa shape index (κ1) is 15.0. The van der Waals surface area contributed by atoms with Gasteiger partial charge in [0.1, 0.15) is 0 Å². The van der Waals surface area contributed by atoms with Crippen LogP contribution in [0.4, 0.5) is 0 Å². The van der Waals surface area contributed by atoms with E-state index >= 15 is 0 Å². The van der Waals surface area contributed by atoms with Gasteiger partial charge >= 0.3 is 0 Å². The second kappa shape index (κ2) is 5.71. The minimum atomic E-state index is 0.211. The van der Waals surface area contributed by atoms with Crippen LogP contribution in [0.3, 0.4) is 0 Å². The summed E-state index contributed by atoms with van der Waals surface area (Å²) in [6.45, 7) is 6.75. The van der Waals surface area contributed by atoms with Crippen molar-refractivity contribution in [2.45, 2.75) is 70.1 Å². The Morgan fingerprint density at radius 1 is 1.24 bits per heavy atom. The van der Waals surface area contributed by atoms with Crippen LogP contribution in [0.25, 0.3) is 0 Å². The molecule has 3 heteroatoms. The Labute approximate surface area is 128 Å². The molecule has 4 atom stereocenters. The van der Waals surface area contributed by atoms with E-state index in [0.29, 0.717) is 24.2 Å². The Hall–Kier alpha value is -0.900. The molecule has 0 saturated carbocycles. The van der Waals surface area contributed by atoms with Crippen LogP contribution in [-0.2, 0) is 16.6 Å². The summed E-state index contributed by atoms with van der Waals surface area (Å²) in [5.74, 6) is 6.39. The second-order valence-corrected chi connectivity index (χ2v) is 7.70. The van der Waals surface area contributed by atoms with Crippen molar-refractivity contribution in [1.82, 2.24) is 5.43 Å². The minimum absolute atomic E-state index is 0.211. The van der Waals surface area contributed by atoms with Crippen LogP contribution in [0.15, 0.2) is 24.3 Å². The van der Waals surface area contributed by atoms with Gasteiger partial charge in [-0.2, -0.15) is 0 Å². The van der Waals surface area contributed by atoms with Gasteiger partial charge < -0.3 is 4.74 Å². The molecule has 2 fully saturated rings. The van der Waals surface area contributed by atoms with Crippen molar-refractivity contribution in [2.75, 3.05) is 0 Å². The average Bonchev–Trinajstić information content (AvgIpc) is 3.07. The summed E-state index contributed by atoms with van der Waals surface area (Å²) < 4.78 is 5.97. The Balaban J connectivity index is 1.67. The van der Waals surface area contributed by atoms with Crippen LogP contribution in [0.1, 0.15) is 51.2 Å². The summed E-state index contributed by atoms with van der Waals surface area (Å²) in [5.41, 5.74) is 5.99. The minimum Gasteiger partial charge on any atom is -0.375 e. The fourth-order valence-electron chi connectivity index (χ4n) is 3.83. The number of benzene rings is 1. The Morgan fingerprint density at radius 3 is 2.43 bits per heavy atom. The number of hydrogen-bond acceptors (Lipinski definition) is 3. The zero-order chi connectivity index (χ0) is 15.0. The van der Waals surface area contributed by atoms with E-state index in [0.717, 1.165) is 6.42 Å². The molecule has 2 heterocycles. The summed E-state index contributed by atoms with van der Waals surface area (Å²) in [7, 11) is 0. The average molecular weight is 288 g/mol. The number of hydrogen-bond donors (Lipinski definition) is 2. The number of rotatable bonds is 4. The van der Waals surface area contributed by atoms with E-state index in [1.54, 1.807) is 0 Å². The Morgan fingerprint density at radius 2 is 1.95 bits per heavy atom. The first-order chi connectivity index (χ1) is 9.97. The highest BCUT2D eigenvalue weighted by atomic mass is 16.5. The molecule has 1 aromatic rings. The van der Waals surface area contributed by atoms with E-state index in [-0.39, 0.29) is 5.41 Å². The molecule has 3 rings (SSSR count). The summed E-state index contributed by atoms with van der Waals surface area (Å²) in [5, 5.41) is 0. The fourth-order valence-corrected chi connectivity index (χ4v) is 3.83. The largest absolute Gasteiger partial charge is 0.375 e. The van der Waals surface area contributed by atoms with Crippen molar-refractivity contribution in [1.29, 1.82) is 0 Å². The molecular formula is C18H28N2O. The lowest BCUT2D eigenvalue weighted by molar-refractivity contribution is 0.0857. The lowest BCUT2D eigenvalue weighted by atomic mass is 9.81. The SMILES string of the molecule is CC(C)(C)c1ccc(CC(NN)C2CC3CCC2O3)cc1. The molecule has 3 N–H and O–H groups in total. The molecule has 0 radical (unpaired) electrons. The fraction of sp³-hybridized carbons (Fsp3) is 0.667. The number of fused-ring (bicyclic) bond motifs is 2. The molecule has 3 nitrogen and oxygen atoms in total. The molecule has 0 amide bonds. The topological polar surface area (TPSA) is 47.3 Å². The van der Waals surface area contributed by atoms with Crippen LogP contribution in [0.5, 0.6) is 0 Å². The third-order valence-electron chi connectivity index (χ3n) is 5.16. The summed E-state index contributed by atoms with van der Waals surface area (Å²) in [6, 6.07) is 9.32. The Kier molecular flexibility index (Phi) is 4.08. The third kappa shape index (κ3) is 3.15. The first-order valence-electron chi connectivity index (χ1n) is 8.18. The van der Waals surface area contributed by atoms with Crippen molar-refractivity contribution in [3.05, 3.63) is 35.4 Å². The molecule has 1 aromatic carbocycles. The van der Waals surface area contributed by atoms with Crippen LogP contribution in [0.2, 0.25) is 0 Å². The predicted octanol–water partition coefficient (Wildman–Crippen LogP) is 2.93. The van der Waals surface area contributed by atoms with Crippen LogP contribution < -0.4 is 11.3 Å². The van der Waals surface area contributed by atoms with Crippen molar-refractivity contribution in [3.63, 3.8) is 0 Å². The quantitative estimate of drug-likeness (QED) is 0.661. The van der Waals surface area contributed by atoms with Gasteiger partial charge in [0.2, 0.25) is 0 Å². The summed E-state index contributed by atoms with van der Waals surface area (Å²) in [4.78, 5) is 0. The number of nitrogens with two attached hydrogens (primary N) is 1. The van der Waals surface area contributed by atoms with Gasteiger partial charge in [-0.3, -0.25) is 11.3 Å². The molecule has 2 bridgehead atoms. The van der Waals surface area contributed by atoms with Gasteiger partial charge in [0, 0.05) is 12.0 Å². The van der Waals surface area contributed by atoms with Crippen LogP contribution >= 0.6 is 0 Å². The maximum atomic E-state index is 5.97. The van der Waals surface area contributed by atoms with Gasteiger partial charge in [-0.25, -0.2) is 0 Å². The van der Waals surface area contributed by atoms with E-state index in [9.17, 15) is 0 Å². The molecule has 116 valence electrons. The lowest BCUT2D eigenvalue weighted by Crippen LogP contribution is -2.45. The van der Waals surface area contributed by atoms with Crippen LogP contribution in [-0.4, -0.2) is 18.2 Å². The normalized spacial score (nSPS) is 29.8. The number of ether oxygens (including phenoxy) is 1. The standard InChI is InChI=1S/C18H28N2O/c1-18(2,3)13-6-4-12(5-7-13)10-16(20-19)15-11-14-8-9-17(15)21-14/h4-7,14-17,20H,8-11,19H2,1-3H3. The summed E-state index contributed by atoms with van der Waals surface area (Å²) >= 11 is 0. The number of hydrazine groups is 1. The number of nitrogens with one attached hydrogen (secondary N) is 1. The zero-order valence-corrected chi connectivity index (χ0v) is 13.4. The Bertz CT molecular complexity index is 477. The highest BCUT2D eigenvalue weighted by molar-refractivity contribution is 5.28. The van der Waals surface area contributed by atoms with E-state index in [2.05, 4.69) is 50.5 Å². The molecule has 21 heavy (non-hydrogen) atoms. The lowest BCUT2D eigenvalue weighted by Gasteiger charge is -2.28. The van der Waals surface area contributed by atoms with Crippen molar-refractivity contribution in [3.8, 4) is 0 Å². The third-order valence-corrected chi connectivity index (χ3v) is 5.16. The molecule has 0 aromatic heterocycles. The molecule has 2 aliphatic heterocycles. The van der Waals surface area contributed by atoms with Gasteiger partial charge in [-0.15, -0.1) is 0 Å². The monoisotopic (exact) mass is 288 g/mol. The molecular weight excluding hydrogens is 260 g/mol. The molecule has 0 spiro atoms. The van der Waals surface area contributed by atoms with Gasteiger partial charge in [-0.05, 0) is 42.2 Å². The smallest absolute Gasteiger partial charge is 0.0624 e. The van der Waals surface area contributed by atoms with Crippen molar-refractivity contribution in [2.24, 2.45) is 11.8 Å².